The summed E-state index contributed by atoms with van der Waals surface area (Å²) in [5.74, 6) is 0. The summed E-state index contributed by atoms with van der Waals surface area (Å²) in [6.07, 6.45) is 0. The zero-order valence-electron chi connectivity index (χ0n) is 12.5. The van der Waals surface area contributed by atoms with Crippen molar-refractivity contribution in [1.82, 2.24) is 0 Å². The summed E-state index contributed by atoms with van der Waals surface area (Å²) in [6, 6.07) is 8.94. The van der Waals surface area contributed by atoms with Gasteiger partial charge in [-0.2, -0.15) is 0 Å². The van der Waals surface area contributed by atoms with Crippen LogP contribution in [0.1, 0.15) is 5.56 Å². The molecule has 0 amide bonds. The molecule has 0 atom stereocenters. The first-order valence-electron chi connectivity index (χ1n) is 6.56. The van der Waals surface area contributed by atoms with Gasteiger partial charge in [-0.1, -0.05) is 0 Å². The fourth-order valence-electron chi connectivity index (χ4n) is 2.76. The average Bonchev–Trinajstić information content (AvgIpc) is 2.14. The molecule has 4 heteroatoms. The molecule has 0 spiro atoms. The molecule has 1 aromatic rings. The summed E-state index contributed by atoms with van der Waals surface area (Å²) in [4.78, 5) is 0. The van der Waals surface area contributed by atoms with Gasteiger partial charge in [0.25, 0.3) is 0 Å². The fourth-order valence-corrected chi connectivity index (χ4v) is 12.7. The van der Waals surface area contributed by atoms with Gasteiger partial charge in [0.1, 0.15) is 0 Å². The van der Waals surface area contributed by atoms with E-state index in [0.717, 1.165) is 5.09 Å². The number of benzene rings is 1. The summed E-state index contributed by atoms with van der Waals surface area (Å²) in [6.45, 7) is 14.7. The van der Waals surface area contributed by atoms with Crippen LogP contribution in [0.25, 0.3) is 0 Å². The molecule has 0 fully saturated rings. The van der Waals surface area contributed by atoms with Crippen molar-refractivity contribution >= 4 is 39.9 Å². The number of hydrogen-bond donors (Lipinski definition) is 0. The molecule has 0 aromatic heterocycles. The second kappa shape index (κ2) is 5.36. The Balaban J connectivity index is 3.33. The molecular formula is C13H24LiNSi2. The molecule has 1 rings (SSSR count). The van der Waals surface area contributed by atoms with Gasteiger partial charge >= 0.3 is 118 Å². The molecular weight excluding hydrogens is 233 g/mol. The average molecular weight is 257 g/mol. The van der Waals surface area contributed by atoms with Crippen molar-refractivity contribution in [3.63, 3.8) is 0 Å². The fraction of sp³-hybridized carbons (Fsp3) is 0.538. The van der Waals surface area contributed by atoms with E-state index in [2.05, 4.69) is 85.5 Å². The van der Waals surface area contributed by atoms with E-state index in [1.807, 2.05) is 0 Å². The third kappa shape index (κ3) is 3.75. The van der Waals surface area contributed by atoms with Crippen LogP contribution in [0.15, 0.2) is 24.3 Å². The zero-order chi connectivity index (χ0) is 13.3. The van der Waals surface area contributed by atoms with Crippen LogP contribution in [0.3, 0.4) is 0 Å². The van der Waals surface area contributed by atoms with Gasteiger partial charge in [0.2, 0.25) is 0 Å². The van der Waals surface area contributed by atoms with Gasteiger partial charge in [0, 0.05) is 0 Å². The Morgan fingerprint density at radius 1 is 0.941 bits per heavy atom. The summed E-state index contributed by atoms with van der Waals surface area (Å²) in [5, 5.41) is 1.13. The molecule has 0 bridgehead atoms. The maximum atomic E-state index is 2.80. The summed E-state index contributed by atoms with van der Waals surface area (Å²) >= 11 is 2.26. The SMILES string of the molecule is [Li][CH2]c1ccccc1N([Si](C)(C)C)[Si](C)(C)C. The Kier molecular flexibility index (Phi) is 4.76. The van der Waals surface area contributed by atoms with Crippen LogP contribution in [-0.4, -0.2) is 34.2 Å². The van der Waals surface area contributed by atoms with Gasteiger partial charge in [-0.3, -0.25) is 0 Å². The number of para-hydroxylation sites is 1. The molecule has 0 radical (unpaired) electrons. The Hall–Kier alpha value is 0.0512. The number of rotatable bonds is 4. The number of nitrogens with zero attached hydrogens (tertiary/aromatic N) is 1. The van der Waals surface area contributed by atoms with Crippen molar-refractivity contribution in [2.24, 2.45) is 0 Å². The van der Waals surface area contributed by atoms with E-state index in [0.29, 0.717) is 0 Å². The van der Waals surface area contributed by atoms with Crippen molar-refractivity contribution in [3.05, 3.63) is 29.8 Å². The van der Waals surface area contributed by atoms with Crippen LogP contribution in [0.5, 0.6) is 0 Å². The van der Waals surface area contributed by atoms with Gasteiger partial charge in [-0.25, -0.2) is 0 Å². The molecule has 90 valence electrons. The van der Waals surface area contributed by atoms with Crippen LogP contribution in [-0.2, 0) is 5.09 Å². The first kappa shape index (κ1) is 15.1. The van der Waals surface area contributed by atoms with E-state index in [1.54, 1.807) is 0 Å². The molecule has 17 heavy (non-hydrogen) atoms. The number of anilines is 1. The molecule has 0 aliphatic heterocycles. The van der Waals surface area contributed by atoms with E-state index in [-0.39, 0.29) is 0 Å². The number of hydrogen-bond acceptors (Lipinski definition) is 1. The van der Waals surface area contributed by atoms with Crippen molar-refractivity contribution in [2.75, 3.05) is 4.23 Å². The van der Waals surface area contributed by atoms with Crippen molar-refractivity contribution in [2.45, 2.75) is 44.4 Å². The van der Waals surface area contributed by atoms with Gasteiger partial charge in [0.15, 0.2) is 0 Å². The van der Waals surface area contributed by atoms with E-state index < -0.39 is 16.5 Å². The summed E-state index contributed by atoms with van der Waals surface area (Å²) in [7, 11) is -2.63. The Morgan fingerprint density at radius 2 is 1.41 bits per heavy atom. The Morgan fingerprint density at radius 3 is 1.82 bits per heavy atom. The van der Waals surface area contributed by atoms with Gasteiger partial charge in [-0.15, -0.1) is 0 Å². The van der Waals surface area contributed by atoms with Gasteiger partial charge in [0.05, 0.1) is 0 Å². The standard InChI is InChI=1S/C13H24NSi2.Li/c1-12-10-8-9-11-13(12)14(15(2,3)4)16(5,6)7;/h8-11H,1H2,2-7H3;. The second-order valence-electron chi connectivity index (χ2n) is 6.66. The van der Waals surface area contributed by atoms with Gasteiger partial charge in [-0.05, 0) is 0 Å². The van der Waals surface area contributed by atoms with Crippen LogP contribution < -0.4 is 4.23 Å². The predicted octanol–water partition coefficient (Wildman–Crippen LogP) is 3.83. The third-order valence-electron chi connectivity index (χ3n) is 2.96. The quantitative estimate of drug-likeness (QED) is 0.741. The minimum absolute atomic E-state index is 1.13. The third-order valence-corrected chi connectivity index (χ3v) is 10.1. The van der Waals surface area contributed by atoms with Crippen molar-refractivity contribution in [3.8, 4) is 0 Å². The maximum absolute atomic E-state index is 2.80. The van der Waals surface area contributed by atoms with Crippen molar-refractivity contribution < 1.29 is 0 Å². The van der Waals surface area contributed by atoms with E-state index in [9.17, 15) is 0 Å². The predicted molar refractivity (Wildman–Crippen MR) is 85.1 cm³/mol. The van der Waals surface area contributed by atoms with Crippen LogP contribution in [0.2, 0.25) is 39.3 Å². The van der Waals surface area contributed by atoms with Crippen molar-refractivity contribution in [1.29, 1.82) is 0 Å². The molecule has 0 N–H and O–H groups in total. The Labute approximate surface area is 118 Å². The molecule has 0 unspecified atom stereocenters. The Bertz CT molecular complexity index is 366. The topological polar surface area (TPSA) is 3.24 Å². The molecule has 0 saturated heterocycles. The van der Waals surface area contributed by atoms with Crippen LogP contribution >= 0.6 is 0 Å². The van der Waals surface area contributed by atoms with E-state index in [4.69, 9.17) is 0 Å². The first-order valence-corrected chi connectivity index (χ1v) is 13.5. The summed E-state index contributed by atoms with van der Waals surface area (Å²) in [5.41, 5.74) is 2.99. The zero-order valence-corrected chi connectivity index (χ0v) is 14.5. The molecule has 0 aliphatic rings. The van der Waals surface area contributed by atoms with Crippen LogP contribution in [0, 0.1) is 0 Å². The molecule has 0 heterocycles. The second-order valence-corrected chi connectivity index (χ2v) is 16.7. The van der Waals surface area contributed by atoms with Gasteiger partial charge < -0.3 is 0 Å². The molecule has 1 nitrogen and oxygen atoms in total. The molecule has 0 aliphatic carbocycles. The minimum atomic E-state index is -1.32. The monoisotopic (exact) mass is 257 g/mol. The molecule has 1 aromatic carbocycles. The van der Waals surface area contributed by atoms with Crippen LogP contribution in [0.4, 0.5) is 5.69 Å². The van der Waals surface area contributed by atoms with E-state index >= 15 is 0 Å². The molecule has 0 saturated carbocycles. The normalized spacial score (nSPS) is 12.7. The summed E-state index contributed by atoms with van der Waals surface area (Å²) < 4.78 is 2.80. The van der Waals surface area contributed by atoms with E-state index in [1.165, 1.54) is 11.3 Å². The first-order chi connectivity index (χ1) is 7.68.